The molecule has 0 amide bonds. The Morgan fingerprint density at radius 3 is 3.09 bits per heavy atom. The van der Waals surface area contributed by atoms with Gasteiger partial charge in [-0.3, -0.25) is 0 Å². The van der Waals surface area contributed by atoms with Gasteiger partial charge in [-0.05, 0) is 25.5 Å². The fourth-order valence-corrected chi connectivity index (χ4v) is 0.987. The molecule has 1 rings (SSSR count). The number of rotatable bonds is 4. The van der Waals surface area contributed by atoms with Gasteiger partial charge in [-0.1, -0.05) is 12.2 Å². The van der Waals surface area contributed by atoms with E-state index in [4.69, 9.17) is 10.5 Å². The van der Waals surface area contributed by atoms with E-state index in [1.54, 1.807) is 0 Å². The number of hydrogen-bond acceptors (Lipinski definition) is 2. The Morgan fingerprint density at radius 2 is 2.45 bits per heavy atom. The lowest BCUT2D eigenvalue weighted by Gasteiger charge is -2.10. The fraction of sp³-hybridized carbons (Fsp3) is 0.556. The van der Waals surface area contributed by atoms with Crippen molar-refractivity contribution < 1.29 is 4.74 Å². The van der Waals surface area contributed by atoms with Crippen molar-refractivity contribution in [1.82, 2.24) is 0 Å². The van der Waals surface area contributed by atoms with Crippen molar-refractivity contribution >= 4 is 0 Å². The van der Waals surface area contributed by atoms with Crippen LogP contribution in [0.5, 0.6) is 0 Å². The molecule has 2 heteroatoms. The minimum absolute atomic E-state index is 0.711. The molecule has 0 spiro atoms. The molecule has 0 atom stereocenters. The van der Waals surface area contributed by atoms with Crippen molar-refractivity contribution in [1.29, 1.82) is 0 Å². The molecule has 0 heterocycles. The van der Waals surface area contributed by atoms with Crippen LogP contribution < -0.4 is 5.73 Å². The zero-order valence-electron chi connectivity index (χ0n) is 6.75. The Hall–Kier alpha value is -0.760. The molecule has 11 heavy (non-hydrogen) atoms. The van der Waals surface area contributed by atoms with Crippen molar-refractivity contribution in [3.63, 3.8) is 0 Å². The second-order valence-corrected chi connectivity index (χ2v) is 2.59. The van der Waals surface area contributed by atoms with E-state index in [1.165, 1.54) is 0 Å². The summed E-state index contributed by atoms with van der Waals surface area (Å²) in [6, 6.07) is 0. The maximum atomic E-state index is 5.45. The number of ether oxygens (including phenoxy) is 1. The maximum absolute atomic E-state index is 5.45. The van der Waals surface area contributed by atoms with E-state index < -0.39 is 0 Å². The van der Waals surface area contributed by atoms with Gasteiger partial charge < -0.3 is 10.5 Å². The molecule has 0 aromatic rings. The molecule has 0 radical (unpaired) electrons. The highest BCUT2D eigenvalue weighted by Gasteiger charge is 1.98. The van der Waals surface area contributed by atoms with Crippen LogP contribution in [0.4, 0.5) is 0 Å². The topological polar surface area (TPSA) is 35.2 Å². The minimum atomic E-state index is 0.711. The van der Waals surface area contributed by atoms with Crippen LogP contribution in [0.3, 0.4) is 0 Å². The molecule has 0 unspecified atom stereocenters. The summed E-state index contributed by atoms with van der Waals surface area (Å²) in [6.45, 7) is 1.47. The van der Waals surface area contributed by atoms with Gasteiger partial charge >= 0.3 is 0 Å². The molecule has 0 aliphatic heterocycles. The van der Waals surface area contributed by atoms with Gasteiger partial charge in [0.2, 0.25) is 0 Å². The quantitative estimate of drug-likeness (QED) is 0.622. The highest BCUT2D eigenvalue weighted by Crippen LogP contribution is 2.12. The molecule has 62 valence electrons. The molecule has 0 aromatic carbocycles. The van der Waals surface area contributed by atoms with Gasteiger partial charge in [0.25, 0.3) is 0 Å². The molecular formula is C9H15NO. The number of hydrogen-bond donors (Lipinski definition) is 1. The first kappa shape index (κ1) is 8.34. The second kappa shape index (κ2) is 4.97. The van der Waals surface area contributed by atoms with Crippen LogP contribution in [0.2, 0.25) is 0 Å². The van der Waals surface area contributed by atoms with E-state index in [0.29, 0.717) is 6.54 Å². The Balaban J connectivity index is 2.15. The number of nitrogens with two attached hydrogens (primary N) is 1. The lowest BCUT2D eigenvalue weighted by atomic mass is 10.2. The monoisotopic (exact) mass is 153 g/mol. The summed E-state index contributed by atoms with van der Waals surface area (Å²) in [6.07, 6.45) is 9.31. The average molecular weight is 153 g/mol. The fourth-order valence-electron chi connectivity index (χ4n) is 0.987. The standard InChI is InChI=1S/C9H15NO/c10-7-4-8-11-9-5-2-1-3-6-9/h1-2,5H,3-4,6-8,10H2. The smallest absolute Gasteiger partial charge is 0.0962 e. The largest absolute Gasteiger partial charge is 0.498 e. The van der Waals surface area contributed by atoms with E-state index in [9.17, 15) is 0 Å². The van der Waals surface area contributed by atoms with Crippen molar-refractivity contribution in [3.8, 4) is 0 Å². The summed E-state index contributed by atoms with van der Waals surface area (Å²) in [5.74, 6) is 1.10. The summed E-state index contributed by atoms with van der Waals surface area (Å²) < 4.78 is 5.45. The van der Waals surface area contributed by atoms with Crippen LogP contribution in [0.25, 0.3) is 0 Å². The highest BCUT2D eigenvalue weighted by atomic mass is 16.5. The summed E-state index contributed by atoms with van der Waals surface area (Å²) in [7, 11) is 0. The van der Waals surface area contributed by atoms with Gasteiger partial charge in [0.05, 0.1) is 12.4 Å². The molecule has 0 saturated heterocycles. The Kier molecular flexibility index (Phi) is 3.76. The predicted molar refractivity (Wildman–Crippen MR) is 46.1 cm³/mol. The molecule has 2 N–H and O–H groups in total. The van der Waals surface area contributed by atoms with E-state index in [2.05, 4.69) is 6.08 Å². The molecule has 0 fully saturated rings. The SMILES string of the molecule is NCCCOC1=CC=CCC1. The molecule has 1 aliphatic rings. The van der Waals surface area contributed by atoms with E-state index in [0.717, 1.165) is 31.6 Å². The van der Waals surface area contributed by atoms with Crippen LogP contribution in [-0.2, 0) is 4.74 Å². The normalized spacial score (nSPS) is 16.3. The van der Waals surface area contributed by atoms with Crippen molar-refractivity contribution in [2.45, 2.75) is 19.3 Å². The maximum Gasteiger partial charge on any atom is 0.0962 e. The van der Waals surface area contributed by atoms with Crippen molar-refractivity contribution in [2.75, 3.05) is 13.2 Å². The van der Waals surface area contributed by atoms with Crippen LogP contribution in [0.15, 0.2) is 24.0 Å². The third-order valence-corrected chi connectivity index (χ3v) is 1.61. The summed E-state index contributed by atoms with van der Waals surface area (Å²) in [4.78, 5) is 0. The molecule has 0 aromatic heterocycles. The summed E-state index contributed by atoms with van der Waals surface area (Å²) in [5, 5.41) is 0. The van der Waals surface area contributed by atoms with E-state index >= 15 is 0 Å². The first-order chi connectivity index (χ1) is 5.43. The molecular weight excluding hydrogens is 138 g/mol. The van der Waals surface area contributed by atoms with Gasteiger partial charge in [-0.15, -0.1) is 0 Å². The first-order valence-corrected chi connectivity index (χ1v) is 4.12. The lowest BCUT2D eigenvalue weighted by molar-refractivity contribution is 0.200. The van der Waals surface area contributed by atoms with Crippen LogP contribution in [0, 0.1) is 0 Å². The lowest BCUT2D eigenvalue weighted by Crippen LogP contribution is -2.04. The predicted octanol–water partition coefficient (Wildman–Crippen LogP) is 1.59. The van der Waals surface area contributed by atoms with Crippen LogP contribution >= 0.6 is 0 Å². The van der Waals surface area contributed by atoms with E-state index in [1.807, 2.05) is 12.2 Å². The molecule has 1 aliphatic carbocycles. The van der Waals surface area contributed by atoms with Gasteiger partial charge in [-0.2, -0.15) is 0 Å². The molecule has 0 bridgehead atoms. The Labute approximate surface area is 67.7 Å². The third kappa shape index (κ3) is 3.23. The molecule has 0 saturated carbocycles. The first-order valence-electron chi connectivity index (χ1n) is 4.12. The van der Waals surface area contributed by atoms with Crippen molar-refractivity contribution in [3.05, 3.63) is 24.0 Å². The van der Waals surface area contributed by atoms with Crippen molar-refractivity contribution in [2.24, 2.45) is 5.73 Å². The van der Waals surface area contributed by atoms with Gasteiger partial charge in [0.15, 0.2) is 0 Å². The summed E-state index contributed by atoms with van der Waals surface area (Å²) >= 11 is 0. The Bertz CT molecular complexity index is 161. The van der Waals surface area contributed by atoms with Crippen LogP contribution in [-0.4, -0.2) is 13.2 Å². The summed E-state index contributed by atoms with van der Waals surface area (Å²) in [5.41, 5.74) is 5.33. The van der Waals surface area contributed by atoms with Gasteiger partial charge in [0, 0.05) is 6.42 Å². The highest BCUT2D eigenvalue weighted by molar-refractivity contribution is 5.12. The Morgan fingerprint density at radius 1 is 1.55 bits per heavy atom. The second-order valence-electron chi connectivity index (χ2n) is 2.59. The minimum Gasteiger partial charge on any atom is -0.498 e. The van der Waals surface area contributed by atoms with E-state index in [-0.39, 0.29) is 0 Å². The molecule has 2 nitrogen and oxygen atoms in total. The zero-order chi connectivity index (χ0) is 7.94. The third-order valence-electron chi connectivity index (χ3n) is 1.61. The van der Waals surface area contributed by atoms with Crippen LogP contribution in [0.1, 0.15) is 19.3 Å². The average Bonchev–Trinajstić information content (AvgIpc) is 2.07. The van der Waals surface area contributed by atoms with Gasteiger partial charge in [0.1, 0.15) is 0 Å². The zero-order valence-corrected chi connectivity index (χ0v) is 6.75. The number of allylic oxidation sites excluding steroid dienone is 4. The van der Waals surface area contributed by atoms with Gasteiger partial charge in [-0.25, -0.2) is 0 Å².